The van der Waals surface area contributed by atoms with Gasteiger partial charge in [0.15, 0.2) is 9.84 Å². The van der Waals surface area contributed by atoms with E-state index in [4.69, 9.17) is 0 Å². The molecular weight excluding hydrogens is 262 g/mol. The van der Waals surface area contributed by atoms with Crippen molar-refractivity contribution >= 4 is 9.84 Å². The van der Waals surface area contributed by atoms with Crippen LogP contribution >= 0.6 is 0 Å². The van der Waals surface area contributed by atoms with E-state index in [2.05, 4.69) is 24.3 Å². The Balaban J connectivity index is 1.97. The van der Waals surface area contributed by atoms with Gasteiger partial charge in [0.25, 0.3) is 0 Å². The van der Waals surface area contributed by atoms with Crippen LogP contribution in [0.2, 0.25) is 0 Å². The van der Waals surface area contributed by atoms with Gasteiger partial charge < -0.3 is 5.32 Å². The lowest BCUT2D eigenvalue weighted by Gasteiger charge is -2.17. The molecule has 1 saturated heterocycles. The second-order valence-electron chi connectivity index (χ2n) is 5.61. The monoisotopic (exact) mass is 285 g/mol. The zero-order valence-electron chi connectivity index (χ0n) is 12.1. The van der Waals surface area contributed by atoms with Gasteiger partial charge in [0.2, 0.25) is 0 Å². The van der Waals surface area contributed by atoms with Crippen molar-refractivity contribution in [3.8, 4) is 0 Å². The molecule has 1 aromatic rings. The van der Waals surface area contributed by atoms with E-state index in [0.717, 1.165) is 24.4 Å². The molecule has 0 aromatic carbocycles. The Labute approximate surface area is 115 Å². The quantitative estimate of drug-likeness (QED) is 0.900. The van der Waals surface area contributed by atoms with Crippen LogP contribution < -0.4 is 5.32 Å². The summed E-state index contributed by atoms with van der Waals surface area (Å²) >= 11 is 0. The molecule has 0 bridgehead atoms. The maximum Gasteiger partial charge on any atom is 0.150 e. The summed E-state index contributed by atoms with van der Waals surface area (Å²) < 4.78 is 24.7. The van der Waals surface area contributed by atoms with E-state index in [-0.39, 0.29) is 12.0 Å². The molecule has 19 heavy (non-hydrogen) atoms. The summed E-state index contributed by atoms with van der Waals surface area (Å²) in [7, 11) is -0.830. The van der Waals surface area contributed by atoms with Gasteiger partial charge in [-0.15, -0.1) is 0 Å². The molecule has 1 N–H and O–H groups in total. The van der Waals surface area contributed by atoms with Gasteiger partial charge in [-0.1, -0.05) is 0 Å². The van der Waals surface area contributed by atoms with Crippen LogP contribution in [0.5, 0.6) is 0 Å². The Kier molecular flexibility index (Phi) is 4.01. The normalized spacial score (nSPS) is 23.7. The van der Waals surface area contributed by atoms with Gasteiger partial charge in [0.1, 0.15) is 0 Å². The molecule has 1 fully saturated rings. The molecule has 2 rings (SSSR count). The molecular formula is C13H23N3O2S. The lowest BCUT2D eigenvalue weighted by molar-refractivity contribution is 0.474. The fourth-order valence-electron chi connectivity index (χ4n) is 2.90. The molecule has 5 nitrogen and oxygen atoms in total. The lowest BCUT2D eigenvalue weighted by atomic mass is 10.0. The van der Waals surface area contributed by atoms with E-state index in [1.165, 1.54) is 5.56 Å². The van der Waals surface area contributed by atoms with Crippen LogP contribution in [-0.4, -0.2) is 36.2 Å². The van der Waals surface area contributed by atoms with Gasteiger partial charge in [0, 0.05) is 24.3 Å². The van der Waals surface area contributed by atoms with Crippen molar-refractivity contribution < 1.29 is 8.42 Å². The second-order valence-corrected chi connectivity index (χ2v) is 7.84. The number of aryl methyl sites for hydroxylation is 2. The van der Waals surface area contributed by atoms with Crippen LogP contribution in [0.15, 0.2) is 0 Å². The number of hydrogen-bond acceptors (Lipinski definition) is 4. The van der Waals surface area contributed by atoms with E-state index in [0.29, 0.717) is 11.5 Å². The van der Waals surface area contributed by atoms with Gasteiger partial charge in [-0.05, 0) is 39.7 Å². The van der Waals surface area contributed by atoms with Crippen LogP contribution in [0.3, 0.4) is 0 Å². The predicted octanol–water partition coefficient (Wildman–Crippen LogP) is 1.12. The molecule has 1 aromatic heterocycles. The highest BCUT2D eigenvalue weighted by molar-refractivity contribution is 7.91. The smallest absolute Gasteiger partial charge is 0.150 e. The van der Waals surface area contributed by atoms with Gasteiger partial charge in [-0.3, -0.25) is 4.68 Å². The average molecular weight is 285 g/mol. The molecule has 108 valence electrons. The van der Waals surface area contributed by atoms with E-state index in [1.54, 1.807) is 0 Å². The van der Waals surface area contributed by atoms with Crippen molar-refractivity contribution in [2.45, 2.75) is 33.2 Å². The van der Waals surface area contributed by atoms with Crippen molar-refractivity contribution in [2.24, 2.45) is 13.0 Å². The Morgan fingerprint density at radius 1 is 1.47 bits per heavy atom. The number of aromatic nitrogens is 2. The van der Waals surface area contributed by atoms with Crippen molar-refractivity contribution in [3.05, 3.63) is 17.0 Å². The van der Waals surface area contributed by atoms with Crippen molar-refractivity contribution in [3.63, 3.8) is 0 Å². The van der Waals surface area contributed by atoms with E-state index in [1.807, 2.05) is 18.7 Å². The molecule has 1 aliphatic heterocycles. The third-order valence-electron chi connectivity index (χ3n) is 4.04. The highest BCUT2D eigenvalue weighted by atomic mass is 32.2. The maximum absolute atomic E-state index is 11.4. The Morgan fingerprint density at radius 2 is 2.16 bits per heavy atom. The van der Waals surface area contributed by atoms with E-state index < -0.39 is 9.84 Å². The summed E-state index contributed by atoms with van der Waals surface area (Å²) in [6.45, 7) is 6.95. The Morgan fingerprint density at radius 3 is 2.63 bits per heavy atom. The first-order valence-corrected chi connectivity index (χ1v) is 8.56. The van der Waals surface area contributed by atoms with Gasteiger partial charge in [0.05, 0.1) is 17.2 Å². The zero-order valence-corrected chi connectivity index (χ0v) is 12.9. The Bertz CT molecular complexity index is 563. The minimum atomic E-state index is -2.78. The number of nitrogens with zero attached hydrogens (tertiary/aromatic N) is 2. The van der Waals surface area contributed by atoms with Crippen molar-refractivity contribution in [1.29, 1.82) is 0 Å². The summed E-state index contributed by atoms with van der Waals surface area (Å²) in [4.78, 5) is 0. The van der Waals surface area contributed by atoms with E-state index >= 15 is 0 Å². The fraction of sp³-hybridized carbons (Fsp3) is 0.769. The summed E-state index contributed by atoms with van der Waals surface area (Å²) in [6.07, 6.45) is 0.785. The minimum Gasteiger partial charge on any atom is -0.310 e. The third-order valence-corrected chi connectivity index (χ3v) is 5.87. The molecule has 0 amide bonds. The molecule has 0 saturated carbocycles. The predicted molar refractivity (Wildman–Crippen MR) is 75.9 cm³/mol. The molecule has 6 heteroatoms. The summed E-state index contributed by atoms with van der Waals surface area (Å²) in [6, 6.07) is 0.206. The highest BCUT2D eigenvalue weighted by Gasteiger charge is 2.28. The standard InChI is InChI=1S/C13H23N3O2S/c1-9(13-10(2)15-16(4)11(13)3)14-7-12-5-6-19(17,18)8-12/h9,12,14H,5-8H2,1-4H3. The highest BCUT2D eigenvalue weighted by Crippen LogP contribution is 2.22. The summed E-state index contributed by atoms with van der Waals surface area (Å²) in [5, 5.41) is 7.87. The largest absolute Gasteiger partial charge is 0.310 e. The zero-order chi connectivity index (χ0) is 14.2. The van der Waals surface area contributed by atoms with Crippen LogP contribution in [0.25, 0.3) is 0 Å². The SMILES string of the molecule is Cc1nn(C)c(C)c1C(C)NCC1CCS(=O)(=O)C1. The van der Waals surface area contributed by atoms with Crippen LogP contribution in [-0.2, 0) is 16.9 Å². The van der Waals surface area contributed by atoms with Crippen molar-refractivity contribution in [2.75, 3.05) is 18.1 Å². The summed E-state index contributed by atoms with van der Waals surface area (Å²) in [5.41, 5.74) is 3.43. The van der Waals surface area contributed by atoms with Gasteiger partial charge >= 0.3 is 0 Å². The first-order valence-electron chi connectivity index (χ1n) is 6.74. The molecule has 2 unspecified atom stereocenters. The van der Waals surface area contributed by atoms with Crippen LogP contribution in [0.4, 0.5) is 0 Å². The molecule has 1 aliphatic rings. The fourth-order valence-corrected chi connectivity index (χ4v) is 4.76. The minimum absolute atomic E-state index is 0.206. The molecule has 0 spiro atoms. The maximum atomic E-state index is 11.4. The topological polar surface area (TPSA) is 64.0 Å². The lowest BCUT2D eigenvalue weighted by Crippen LogP contribution is -2.27. The van der Waals surface area contributed by atoms with Gasteiger partial charge in [-0.25, -0.2) is 8.42 Å². The van der Waals surface area contributed by atoms with Crippen LogP contribution in [0.1, 0.15) is 36.3 Å². The molecule has 0 radical (unpaired) electrons. The first-order chi connectivity index (χ1) is 8.80. The summed E-state index contributed by atoms with van der Waals surface area (Å²) in [5.74, 6) is 0.931. The molecule has 2 heterocycles. The Hall–Kier alpha value is -0.880. The van der Waals surface area contributed by atoms with E-state index in [9.17, 15) is 8.42 Å². The number of sulfone groups is 1. The van der Waals surface area contributed by atoms with Crippen molar-refractivity contribution in [1.82, 2.24) is 15.1 Å². The second kappa shape index (κ2) is 5.25. The first kappa shape index (κ1) is 14.5. The van der Waals surface area contributed by atoms with Crippen LogP contribution in [0, 0.1) is 19.8 Å². The molecule has 0 aliphatic carbocycles. The third kappa shape index (κ3) is 3.17. The number of rotatable bonds is 4. The number of nitrogens with one attached hydrogen (secondary N) is 1. The number of hydrogen-bond donors (Lipinski definition) is 1. The average Bonchev–Trinajstić information content (AvgIpc) is 2.77. The van der Waals surface area contributed by atoms with Gasteiger partial charge in [-0.2, -0.15) is 5.10 Å². The molecule has 2 atom stereocenters.